The van der Waals surface area contributed by atoms with E-state index in [1.807, 2.05) is 68.6 Å². The third-order valence-electron chi connectivity index (χ3n) is 6.83. The molecule has 0 radical (unpaired) electrons. The number of hydrogen-bond acceptors (Lipinski definition) is 7. The Morgan fingerprint density at radius 1 is 1.07 bits per heavy atom. The fourth-order valence-electron chi connectivity index (χ4n) is 5.17. The lowest BCUT2D eigenvalue weighted by Crippen LogP contribution is -2.40. The van der Waals surface area contributed by atoms with Gasteiger partial charge in [0, 0.05) is 29.2 Å². The van der Waals surface area contributed by atoms with E-state index in [2.05, 4.69) is 17.2 Å². The predicted molar refractivity (Wildman–Crippen MR) is 161 cm³/mol. The summed E-state index contributed by atoms with van der Waals surface area (Å²) >= 11 is 1.30. The maximum Gasteiger partial charge on any atom is 0.338 e. The highest BCUT2D eigenvalue weighted by Gasteiger charge is 2.34. The number of benzene rings is 2. The van der Waals surface area contributed by atoms with Crippen LogP contribution >= 0.6 is 11.3 Å². The molecule has 0 fully saturated rings. The molecule has 0 saturated heterocycles. The van der Waals surface area contributed by atoms with Crippen LogP contribution in [0.2, 0.25) is 0 Å². The smallest absolute Gasteiger partial charge is 0.338 e. The van der Waals surface area contributed by atoms with Crippen molar-refractivity contribution in [3.8, 4) is 11.5 Å². The topological polar surface area (TPSA) is 84.0 Å². The number of esters is 1. The molecule has 0 bridgehead atoms. The minimum Gasteiger partial charge on any atom is -0.490 e. The molecule has 0 N–H and O–H groups in total. The number of carbonyl (C=O) groups is 1. The van der Waals surface area contributed by atoms with Crippen LogP contribution in [-0.2, 0) is 16.1 Å². The van der Waals surface area contributed by atoms with Crippen molar-refractivity contribution in [2.45, 2.75) is 40.3 Å². The highest BCUT2D eigenvalue weighted by molar-refractivity contribution is 7.07. The Morgan fingerprint density at radius 3 is 2.56 bits per heavy atom. The lowest BCUT2D eigenvalue weighted by atomic mass is 9.95. The molecular weight excluding hydrogens is 538 g/mol. The fourth-order valence-corrected chi connectivity index (χ4v) is 6.20. The third-order valence-corrected chi connectivity index (χ3v) is 7.81. The first kappa shape index (κ1) is 28.2. The van der Waals surface area contributed by atoms with Gasteiger partial charge in [0.1, 0.15) is 0 Å². The molecule has 2 aromatic heterocycles. The van der Waals surface area contributed by atoms with Crippen molar-refractivity contribution in [2.75, 3.05) is 19.8 Å². The largest absolute Gasteiger partial charge is 0.490 e. The van der Waals surface area contributed by atoms with E-state index >= 15 is 0 Å². The van der Waals surface area contributed by atoms with Crippen LogP contribution in [0.1, 0.15) is 44.9 Å². The number of para-hydroxylation sites is 1. The molecular formula is C32H33N3O5S. The van der Waals surface area contributed by atoms with Crippen LogP contribution in [0.4, 0.5) is 0 Å². The van der Waals surface area contributed by atoms with Gasteiger partial charge in [-0.2, -0.15) is 0 Å². The van der Waals surface area contributed by atoms with E-state index < -0.39 is 12.0 Å². The molecule has 8 nitrogen and oxygen atoms in total. The molecule has 5 rings (SSSR count). The molecule has 4 aromatic rings. The highest BCUT2D eigenvalue weighted by atomic mass is 32.1. The summed E-state index contributed by atoms with van der Waals surface area (Å²) in [7, 11) is 0. The summed E-state index contributed by atoms with van der Waals surface area (Å²) in [6.45, 7) is 13.0. The number of aromatic nitrogens is 2. The van der Waals surface area contributed by atoms with E-state index in [0.29, 0.717) is 57.4 Å². The summed E-state index contributed by atoms with van der Waals surface area (Å²) in [6.07, 6.45) is 5.77. The number of ether oxygens (including phenoxy) is 3. The first-order valence-electron chi connectivity index (χ1n) is 13.7. The Morgan fingerprint density at radius 2 is 1.83 bits per heavy atom. The summed E-state index contributed by atoms with van der Waals surface area (Å²) in [6, 6.07) is 12.8. The molecule has 41 heavy (non-hydrogen) atoms. The summed E-state index contributed by atoms with van der Waals surface area (Å²) in [5, 5.41) is 1.04. The minimum atomic E-state index is -0.746. The van der Waals surface area contributed by atoms with Crippen molar-refractivity contribution in [2.24, 2.45) is 4.99 Å². The van der Waals surface area contributed by atoms with Gasteiger partial charge in [-0.15, -0.1) is 6.58 Å². The minimum absolute atomic E-state index is 0.203. The van der Waals surface area contributed by atoms with Gasteiger partial charge in [0.2, 0.25) is 0 Å². The van der Waals surface area contributed by atoms with Crippen LogP contribution in [0.3, 0.4) is 0 Å². The molecule has 3 heterocycles. The molecule has 0 saturated carbocycles. The molecule has 212 valence electrons. The van der Waals surface area contributed by atoms with Gasteiger partial charge in [0.25, 0.3) is 5.56 Å². The van der Waals surface area contributed by atoms with Crippen molar-refractivity contribution >= 4 is 34.3 Å². The molecule has 0 aliphatic carbocycles. The zero-order valence-corrected chi connectivity index (χ0v) is 24.5. The Hall–Kier alpha value is -4.37. The summed E-state index contributed by atoms with van der Waals surface area (Å²) in [5.41, 5.74) is 3.27. The van der Waals surface area contributed by atoms with E-state index in [9.17, 15) is 9.59 Å². The second-order valence-electron chi connectivity index (χ2n) is 9.42. The normalized spacial score (nSPS) is 15.0. The van der Waals surface area contributed by atoms with Gasteiger partial charge in [-0.3, -0.25) is 9.36 Å². The van der Waals surface area contributed by atoms with Crippen molar-refractivity contribution in [3.63, 3.8) is 0 Å². The van der Waals surface area contributed by atoms with Crippen molar-refractivity contribution < 1.29 is 19.0 Å². The molecule has 0 spiro atoms. The first-order valence-corrected chi connectivity index (χ1v) is 14.5. The van der Waals surface area contributed by atoms with Crippen LogP contribution < -0.4 is 24.4 Å². The molecule has 9 heteroatoms. The number of allylic oxidation sites excluding steroid dienone is 2. The fraction of sp³-hybridized carbons (Fsp3) is 0.281. The molecule has 1 aliphatic rings. The lowest BCUT2D eigenvalue weighted by molar-refractivity contribution is -0.139. The number of rotatable bonds is 10. The van der Waals surface area contributed by atoms with Crippen molar-refractivity contribution in [1.82, 2.24) is 9.13 Å². The van der Waals surface area contributed by atoms with Crippen LogP contribution in [0.25, 0.3) is 17.0 Å². The lowest BCUT2D eigenvalue weighted by Gasteiger charge is -2.25. The van der Waals surface area contributed by atoms with Crippen LogP contribution in [0.5, 0.6) is 11.5 Å². The predicted octanol–water partition coefficient (Wildman–Crippen LogP) is 4.74. The van der Waals surface area contributed by atoms with Gasteiger partial charge in [-0.25, -0.2) is 9.79 Å². The van der Waals surface area contributed by atoms with Gasteiger partial charge < -0.3 is 18.8 Å². The standard InChI is InChI=1S/C32H33N3O5S/c1-6-16-34-19-22(23-12-10-11-13-24(23)34)18-27-30(36)35-29(21-14-15-25(38-7-2)26(17-21)39-8-3)28(31(37)40-9-4)20(5)33-32(35)41-27/h6,10-15,17-19,29H,1,7-9,16H2,2-5H3/b27-18-/t29-/m1/s1. The Labute approximate surface area is 242 Å². The average Bonchev–Trinajstić information content (AvgIpc) is 3.46. The quantitative estimate of drug-likeness (QED) is 0.203. The number of hydrogen-bond donors (Lipinski definition) is 0. The second kappa shape index (κ2) is 12.0. The van der Waals surface area contributed by atoms with E-state index in [1.54, 1.807) is 18.4 Å². The van der Waals surface area contributed by atoms with Gasteiger partial charge in [0.05, 0.1) is 41.7 Å². The molecule has 0 unspecified atom stereocenters. The number of carbonyl (C=O) groups excluding carboxylic acids is 1. The number of fused-ring (bicyclic) bond motifs is 2. The van der Waals surface area contributed by atoms with E-state index in [-0.39, 0.29) is 12.2 Å². The maximum atomic E-state index is 14.1. The third kappa shape index (κ3) is 5.25. The number of thiazole rings is 1. The summed E-state index contributed by atoms with van der Waals surface area (Å²) < 4.78 is 21.3. The number of nitrogens with zero attached hydrogens (tertiary/aromatic N) is 3. The Kier molecular flexibility index (Phi) is 8.26. The van der Waals surface area contributed by atoms with Crippen molar-refractivity contribution in [1.29, 1.82) is 0 Å². The van der Waals surface area contributed by atoms with Gasteiger partial charge in [-0.1, -0.05) is 41.7 Å². The van der Waals surface area contributed by atoms with Gasteiger partial charge in [0.15, 0.2) is 16.3 Å². The SMILES string of the molecule is C=CCn1cc(/C=c2\sc3n(c2=O)[C@H](c2ccc(OCC)c(OCC)c2)C(C(=O)OCC)=C(C)N=3)c2ccccc21. The zero-order chi connectivity index (χ0) is 29.1. The van der Waals surface area contributed by atoms with Gasteiger partial charge in [-0.05, 0) is 57.5 Å². The van der Waals surface area contributed by atoms with Crippen LogP contribution in [0, 0.1) is 0 Å². The maximum absolute atomic E-state index is 14.1. The highest BCUT2D eigenvalue weighted by Crippen LogP contribution is 2.36. The first-order chi connectivity index (χ1) is 19.9. The van der Waals surface area contributed by atoms with E-state index in [1.165, 1.54) is 11.3 Å². The second-order valence-corrected chi connectivity index (χ2v) is 10.4. The van der Waals surface area contributed by atoms with Gasteiger partial charge >= 0.3 is 5.97 Å². The Bertz CT molecular complexity index is 1840. The van der Waals surface area contributed by atoms with Crippen LogP contribution in [0.15, 0.2) is 82.4 Å². The monoisotopic (exact) mass is 571 g/mol. The average molecular weight is 572 g/mol. The van der Waals surface area contributed by atoms with Crippen molar-refractivity contribution in [3.05, 3.63) is 103 Å². The summed E-state index contributed by atoms with van der Waals surface area (Å²) in [4.78, 5) is 32.6. The van der Waals surface area contributed by atoms with E-state index in [4.69, 9.17) is 19.2 Å². The molecule has 0 amide bonds. The molecule has 1 aliphatic heterocycles. The van der Waals surface area contributed by atoms with E-state index in [0.717, 1.165) is 16.5 Å². The molecule has 1 atom stereocenters. The van der Waals surface area contributed by atoms with Crippen LogP contribution in [-0.4, -0.2) is 34.9 Å². The Balaban J connectivity index is 1.73. The molecule has 2 aromatic carbocycles. The summed E-state index contributed by atoms with van der Waals surface area (Å²) in [5.74, 6) is 0.633. The zero-order valence-electron chi connectivity index (χ0n) is 23.7.